The molecular formula is C25H35ClN9O3+. The summed E-state index contributed by atoms with van der Waals surface area (Å²) in [6.07, 6.45) is 1.87. The number of imidazole rings is 1. The maximum absolute atomic E-state index is 13.4. The minimum Gasteiger partial charge on any atom is -0.497 e. The number of fused-ring (bicyclic) bond motifs is 1. The molecule has 38 heavy (non-hydrogen) atoms. The predicted octanol–water partition coefficient (Wildman–Crippen LogP) is 1.05. The first-order valence-corrected chi connectivity index (χ1v) is 12.9. The van der Waals surface area contributed by atoms with Crippen molar-refractivity contribution in [3.05, 3.63) is 34.9 Å². The number of halogens is 1. The molecule has 4 rings (SSSR count). The molecule has 1 fully saturated rings. The van der Waals surface area contributed by atoms with Crippen LogP contribution in [0.15, 0.2) is 18.2 Å². The van der Waals surface area contributed by atoms with Crippen molar-refractivity contribution >= 4 is 46.1 Å². The zero-order valence-corrected chi connectivity index (χ0v) is 23.0. The van der Waals surface area contributed by atoms with Crippen molar-refractivity contribution in [2.45, 2.75) is 45.4 Å². The molecule has 3 heterocycles. The number of hydrogen-bond donors (Lipinski definition) is 3. The molecule has 1 aromatic carbocycles. The van der Waals surface area contributed by atoms with Crippen LogP contribution in [-0.2, 0) is 24.4 Å². The number of rotatable bonds is 8. The van der Waals surface area contributed by atoms with E-state index in [1.54, 1.807) is 7.11 Å². The number of nitrogens with zero attached hydrogens (tertiary/aromatic N) is 6. The first kappa shape index (κ1) is 27.4. The Balaban J connectivity index is 1.64. The number of carbonyl (C=O) groups is 2. The zero-order chi connectivity index (χ0) is 27.6. The number of methoxy groups -OCH3 is 1. The van der Waals surface area contributed by atoms with E-state index in [1.807, 2.05) is 34.6 Å². The number of ether oxygens (including phenoxy) is 1. The highest BCUT2D eigenvalue weighted by molar-refractivity contribution is 6.31. The van der Waals surface area contributed by atoms with Crippen LogP contribution in [0.25, 0.3) is 11.0 Å². The number of likely N-dealkylation sites (tertiary alicyclic amines) is 1. The fourth-order valence-corrected chi connectivity index (χ4v) is 5.06. The van der Waals surface area contributed by atoms with Gasteiger partial charge in [-0.15, -0.1) is 0 Å². The summed E-state index contributed by atoms with van der Waals surface area (Å²) in [6, 6.07) is 6.20. The normalized spacial score (nSPS) is 14.3. The van der Waals surface area contributed by atoms with Gasteiger partial charge >= 0.3 is 0 Å². The van der Waals surface area contributed by atoms with E-state index in [2.05, 4.69) is 38.8 Å². The average Bonchev–Trinajstić information content (AvgIpc) is 3.20. The Labute approximate surface area is 226 Å². The van der Waals surface area contributed by atoms with Gasteiger partial charge in [-0.25, -0.2) is 19.1 Å². The van der Waals surface area contributed by atoms with Gasteiger partial charge in [0.05, 0.1) is 13.7 Å². The minimum absolute atomic E-state index is 0.0335. The minimum atomic E-state index is -0.550. The van der Waals surface area contributed by atoms with Gasteiger partial charge in [0.25, 0.3) is 17.6 Å². The molecule has 1 saturated heterocycles. The van der Waals surface area contributed by atoms with Gasteiger partial charge in [-0.1, -0.05) is 11.6 Å². The number of piperidine rings is 1. The maximum atomic E-state index is 13.4. The molecule has 0 spiro atoms. The molecule has 3 aromatic rings. The average molecular weight is 545 g/mol. The first-order valence-electron chi connectivity index (χ1n) is 12.5. The van der Waals surface area contributed by atoms with Crippen molar-refractivity contribution in [2.24, 2.45) is 0 Å². The van der Waals surface area contributed by atoms with Gasteiger partial charge in [0.2, 0.25) is 0 Å². The van der Waals surface area contributed by atoms with Gasteiger partial charge < -0.3 is 31.3 Å². The van der Waals surface area contributed by atoms with Crippen molar-refractivity contribution in [1.82, 2.24) is 29.7 Å². The van der Waals surface area contributed by atoms with Crippen LogP contribution in [0.2, 0.25) is 5.15 Å². The highest BCUT2D eigenvalue weighted by Gasteiger charge is 2.30. The molecule has 12 nitrogen and oxygen atoms in total. The van der Waals surface area contributed by atoms with Gasteiger partial charge in [0, 0.05) is 25.2 Å². The lowest BCUT2D eigenvalue weighted by Gasteiger charge is -2.34. The molecule has 0 unspecified atom stereocenters. The van der Waals surface area contributed by atoms with E-state index in [9.17, 15) is 9.59 Å². The van der Waals surface area contributed by atoms with E-state index in [0.717, 1.165) is 29.7 Å². The molecule has 0 atom stereocenters. The van der Waals surface area contributed by atoms with E-state index in [4.69, 9.17) is 27.8 Å². The summed E-state index contributed by atoms with van der Waals surface area (Å²) < 4.78 is 9.44. The molecule has 0 aliphatic carbocycles. The highest BCUT2D eigenvalue weighted by Crippen LogP contribution is 2.22. The van der Waals surface area contributed by atoms with Crippen LogP contribution in [0, 0.1) is 0 Å². The Bertz CT molecular complexity index is 1350. The van der Waals surface area contributed by atoms with Gasteiger partial charge in [0.1, 0.15) is 12.3 Å². The van der Waals surface area contributed by atoms with Crippen LogP contribution in [0.4, 0.5) is 11.6 Å². The van der Waals surface area contributed by atoms with Crippen LogP contribution in [0.3, 0.4) is 0 Å². The number of anilines is 2. The highest BCUT2D eigenvalue weighted by atomic mass is 35.5. The third kappa shape index (κ3) is 5.46. The smallest absolute Gasteiger partial charge is 0.277 e. The van der Waals surface area contributed by atoms with Gasteiger partial charge in [-0.05, 0) is 46.0 Å². The number of nitrogen functional groups attached to an aromatic ring is 2. The SMILES string of the molecule is CCn1c(CNC(=O)c2nc(Cl)c(N)nc2N)[n+](CC(=O)N2CCC(N(C)C)CC2)c2ccc(OC)cc21. The largest absolute Gasteiger partial charge is 0.497 e. The number of nitrogens with one attached hydrogen (secondary N) is 1. The number of hydrogen-bond acceptors (Lipinski definition) is 8. The number of amides is 2. The van der Waals surface area contributed by atoms with Crippen molar-refractivity contribution < 1.29 is 18.9 Å². The quantitative estimate of drug-likeness (QED) is 0.356. The molecule has 5 N–H and O–H groups in total. The number of aromatic nitrogens is 4. The van der Waals surface area contributed by atoms with E-state index >= 15 is 0 Å². The summed E-state index contributed by atoms with van der Waals surface area (Å²) in [4.78, 5) is 38.4. The second-order valence-electron chi connectivity index (χ2n) is 9.49. The van der Waals surface area contributed by atoms with E-state index in [-0.39, 0.29) is 41.5 Å². The Kier molecular flexibility index (Phi) is 8.22. The van der Waals surface area contributed by atoms with E-state index in [1.165, 1.54) is 0 Å². The second kappa shape index (κ2) is 11.4. The molecule has 1 aliphatic heterocycles. The van der Waals surface area contributed by atoms with E-state index < -0.39 is 5.91 Å². The lowest BCUT2D eigenvalue weighted by molar-refractivity contribution is -0.668. The molecular weight excluding hydrogens is 510 g/mol. The Morgan fingerprint density at radius 2 is 1.92 bits per heavy atom. The van der Waals surface area contributed by atoms with Crippen LogP contribution < -0.4 is 26.1 Å². The topological polar surface area (TPSA) is 149 Å². The number of aryl methyl sites for hydroxylation is 1. The molecule has 0 bridgehead atoms. The van der Waals surface area contributed by atoms with Crippen molar-refractivity contribution in [1.29, 1.82) is 0 Å². The second-order valence-corrected chi connectivity index (χ2v) is 9.85. The fraction of sp³-hybridized carbons (Fsp3) is 0.480. The summed E-state index contributed by atoms with van der Waals surface area (Å²) in [5.74, 6) is 0.760. The first-order chi connectivity index (χ1) is 18.1. The Morgan fingerprint density at radius 3 is 2.55 bits per heavy atom. The summed E-state index contributed by atoms with van der Waals surface area (Å²) in [5.41, 5.74) is 13.1. The summed E-state index contributed by atoms with van der Waals surface area (Å²) >= 11 is 5.96. The van der Waals surface area contributed by atoms with Gasteiger partial charge in [0.15, 0.2) is 40.1 Å². The van der Waals surface area contributed by atoms with Crippen LogP contribution in [-0.4, -0.2) is 76.5 Å². The molecule has 0 saturated carbocycles. The van der Waals surface area contributed by atoms with Crippen LogP contribution in [0.1, 0.15) is 36.1 Å². The maximum Gasteiger partial charge on any atom is 0.277 e. The lowest BCUT2D eigenvalue weighted by atomic mass is 10.0. The number of carbonyl (C=O) groups excluding carboxylic acids is 2. The van der Waals surface area contributed by atoms with Gasteiger partial charge in [-0.3, -0.25) is 9.59 Å². The van der Waals surface area contributed by atoms with Crippen molar-refractivity contribution in [3.63, 3.8) is 0 Å². The van der Waals surface area contributed by atoms with Crippen LogP contribution >= 0.6 is 11.6 Å². The molecule has 0 radical (unpaired) electrons. The molecule has 1 aliphatic rings. The predicted molar refractivity (Wildman–Crippen MR) is 145 cm³/mol. The zero-order valence-electron chi connectivity index (χ0n) is 22.2. The van der Waals surface area contributed by atoms with E-state index in [0.29, 0.717) is 31.4 Å². The van der Waals surface area contributed by atoms with Crippen molar-refractivity contribution in [3.8, 4) is 5.75 Å². The summed E-state index contributed by atoms with van der Waals surface area (Å²) in [5, 5.41) is 2.76. The number of nitrogens with two attached hydrogens (primary N) is 2. The fourth-order valence-electron chi connectivity index (χ4n) is 4.94. The van der Waals surface area contributed by atoms with Crippen molar-refractivity contribution in [2.75, 3.05) is 45.8 Å². The summed E-state index contributed by atoms with van der Waals surface area (Å²) in [6.45, 7) is 4.30. The molecule has 2 amide bonds. The van der Waals surface area contributed by atoms with Crippen LogP contribution in [0.5, 0.6) is 5.75 Å². The number of benzene rings is 1. The molecule has 13 heteroatoms. The van der Waals surface area contributed by atoms with Gasteiger partial charge in [-0.2, -0.15) is 0 Å². The molecule has 204 valence electrons. The Morgan fingerprint density at radius 1 is 1.21 bits per heavy atom. The third-order valence-electron chi connectivity index (χ3n) is 7.07. The summed E-state index contributed by atoms with van der Waals surface area (Å²) in [7, 11) is 5.76. The standard InChI is InChI=1S/C25H34ClN9O3/c1-5-34-18-12-16(38-4)6-7-17(18)35(14-20(36)33-10-8-15(9-11-33)32(2)3)19(34)13-29-25(37)21-23(27)31-24(28)22(26)30-21/h6-7,12,15H,5,8-11,13-14H2,1-4H3,(H4-,27,28,29,31,37)/p+1. The lowest BCUT2D eigenvalue weighted by Crippen LogP contribution is -2.51. The third-order valence-corrected chi connectivity index (χ3v) is 7.35. The molecule has 2 aromatic heterocycles. The monoisotopic (exact) mass is 544 g/mol. The Hall–Kier alpha value is -3.64.